The number of benzene rings is 1. The first-order valence-electron chi connectivity index (χ1n) is 5.80. The zero-order chi connectivity index (χ0) is 11.8. The van der Waals surface area contributed by atoms with Crippen molar-refractivity contribution in [2.45, 2.75) is 26.3 Å². The molecule has 1 aromatic rings. The predicted molar refractivity (Wildman–Crippen MR) is 69.6 cm³/mol. The Morgan fingerprint density at radius 3 is 2.56 bits per heavy atom. The first-order chi connectivity index (χ1) is 7.77. The number of nitrogens with one attached hydrogen (secondary N) is 2. The molecule has 0 aromatic heterocycles. The van der Waals surface area contributed by atoms with E-state index < -0.39 is 0 Å². The number of aliphatic imine (C=N–C) groups is 1. The molecule has 0 aliphatic heterocycles. The van der Waals surface area contributed by atoms with Crippen LogP contribution in [0.5, 0.6) is 0 Å². The van der Waals surface area contributed by atoms with Crippen LogP contribution in [0.1, 0.15) is 31.9 Å². The summed E-state index contributed by atoms with van der Waals surface area (Å²) >= 11 is 0. The summed E-state index contributed by atoms with van der Waals surface area (Å²) in [5, 5.41) is 6.62. The van der Waals surface area contributed by atoms with Crippen LogP contribution in [0.4, 0.5) is 0 Å². The molecule has 16 heavy (non-hydrogen) atoms. The van der Waals surface area contributed by atoms with E-state index >= 15 is 0 Å². The quantitative estimate of drug-likeness (QED) is 0.602. The van der Waals surface area contributed by atoms with Gasteiger partial charge in [-0.15, -0.1) is 0 Å². The highest BCUT2D eigenvalue weighted by molar-refractivity contribution is 5.80. The molecule has 88 valence electrons. The lowest BCUT2D eigenvalue weighted by atomic mass is 10.1. The molecule has 0 spiro atoms. The molecule has 2 N–H and O–H groups in total. The summed E-state index contributed by atoms with van der Waals surface area (Å²) in [4.78, 5) is 4.19. The van der Waals surface area contributed by atoms with Crippen molar-refractivity contribution in [3.63, 3.8) is 0 Å². The second-order valence-electron chi connectivity index (χ2n) is 3.78. The van der Waals surface area contributed by atoms with Crippen molar-refractivity contribution in [2.75, 3.05) is 13.6 Å². The lowest BCUT2D eigenvalue weighted by molar-refractivity contribution is 0.682. The standard InChI is InChI=1S/C13H21N3/c1-4-10-15-13(14-3)16-11(2)12-8-6-5-7-9-12/h5-9,11H,4,10H2,1-3H3,(H2,14,15,16). The van der Waals surface area contributed by atoms with Crippen molar-refractivity contribution < 1.29 is 0 Å². The Balaban J connectivity index is 2.53. The molecule has 0 fully saturated rings. The minimum absolute atomic E-state index is 0.268. The molecular formula is C13H21N3. The lowest BCUT2D eigenvalue weighted by Crippen LogP contribution is -2.38. The largest absolute Gasteiger partial charge is 0.356 e. The Bertz CT molecular complexity index is 319. The summed E-state index contributed by atoms with van der Waals surface area (Å²) in [6.07, 6.45) is 1.10. The van der Waals surface area contributed by atoms with E-state index in [-0.39, 0.29) is 6.04 Å². The van der Waals surface area contributed by atoms with E-state index in [1.807, 2.05) is 6.07 Å². The molecule has 0 saturated heterocycles. The van der Waals surface area contributed by atoms with Crippen molar-refractivity contribution >= 4 is 5.96 Å². The maximum atomic E-state index is 4.19. The zero-order valence-electron chi connectivity index (χ0n) is 10.3. The number of guanidine groups is 1. The van der Waals surface area contributed by atoms with E-state index in [2.05, 4.69) is 53.7 Å². The Hall–Kier alpha value is -1.51. The van der Waals surface area contributed by atoms with Gasteiger partial charge in [-0.1, -0.05) is 37.3 Å². The summed E-state index contributed by atoms with van der Waals surface area (Å²) in [6, 6.07) is 10.6. The van der Waals surface area contributed by atoms with Crippen molar-refractivity contribution in [3.05, 3.63) is 35.9 Å². The smallest absolute Gasteiger partial charge is 0.191 e. The Morgan fingerprint density at radius 1 is 1.31 bits per heavy atom. The highest BCUT2D eigenvalue weighted by Gasteiger charge is 2.05. The van der Waals surface area contributed by atoms with Crippen LogP contribution in [-0.4, -0.2) is 19.6 Å². The zero-order valence-corrected chi connectivity index (χ0v) is 10.3. The molecule has 3 nitrogen and oxygen atoms in total. The van der Waals surface area contributed by atoms with Crippen molar-refractivity contribution in [2.24, 2.45) is 4.99 Å². The molecule has 0 radical (unpaired) electrons. The Kier molecular flexibility index (Phi) is 5.40. The lowest BCUT2D eigenvalue weighted by Gasteiger charge is -2.17. The van der Waals surface area contributed by atoms with Gasteiger partial charge < -0.3 is 10.6 Å². The molecule has 1 rings (SSSR count). The van der Waals surface area contributed by atoms with E-state index in [4.69, 9.17) is 0 Å². The van der Waals surface area contributed by atoms with Gasteiger partial charge in [0.2, 0.25) is 0 Å². The Morgan fingerprint density at radius 2 is 2.00 bits per heavy atom. The second-order valence-corrected chi connectivity index (χ2v) is 3.78. The number of hydrogen-bond donors (Lipinski definition) is 2. The molecular weight excluding hydrogens is 198 g/mol. The van der Waals surface area contributed by atoms with Gasteiger partial charge in [0.25, 0.3) is 0 Å². The summed E-state index contributed by atoms with van der Waals surface area (Å²) in [6.45, 7) is 5.22. The minimum atomic E-state index is 0.268. The molecule has 0 heterocycles. The fraction of sp³-hybridized carbons (Fsp3) is 0.462. The fourth-order valence-corrected chi connectivity index (χ4v) is 1.47. The normalized spacial score (nSPS) is 13.3. The topological polar surface area (TPSA) is 36.4 Å². The summed E-state index contributed by atoms with van der Waals surface area (Å²) < 4.78 is 0. The Labute approximate surface area is 98.0 Å². The van der Waals surface area contributed by atoms with Crippen LogP contribution in [0, 0.1) is 0 Å². The van der Waals surface area contributed by atoms with Crippen LogP contribution in [0.3, 0.4) is 0 Å². The number of rotatable bonds is 4. The molecule has 1 atom stereocenters. The first-order valence-corrected chi connectivity index (χ1v) is 5.80. The van der Waals surface area contributed by atoms with Crippen molar-refractivity contribution in [3.8, 4) is 0 Å². The molecule has 0 bridgehead atoms. The van der Waals surface area contributed by atoms with E-state index in [1.165, 1.54) is 5.56 Å². The van der Waals surface area contributed by atoms with Gasteiger partial charge in [0.15, 0.2) is 5.96 Å². The van der Waals surface area contributed by atoms with Gasteiger partial charge in [0, 0.05) is 13.6 Å². The van der Waals surface area contributed by atoms with Gasteiger partial charge in [-0.25, -0.2) is 0 Å². The van der Waals surface area contributed by atoms with Gasteiger partial charge in [-0.2, -0.15) is 0 Å². The first kappa shape index (κ1) is 12.6. The van der Waals surface area contributed by atoms with Crippen LogP contribution in [0.25, 0.3) is 0 Å². The number of nitrogens with zero attached hydrogens (tertiary/aromatic N) is 1. The van der Waals surface area contributed by atoms with Crippen LogP contribution in [0.15, 0.2) is 35.3 Å². The molecule has 0 aliphatic rings. The van der Waals surface area contributed by atoms with Crippen LogP contribution >= 0.6 is 0 Å². The van der Waals surface area contributed by atoms with E-state index in [0.29, 0.717) is 0 Å². The maximum Gasteiger partial charge on any atom is 0.191 e. The van der Waals surface area contributed by atoms with Gasteiger partial charge in [-0.3, -0.25) is 4.99 Å². The summed E-state index contributed by atoms with van der Waals surface area (Å²) in [5.41, 5.74) is 1.27. The van der Waals surface area contributed by atoms with Gasteiger partial charge in [0.1, 0.15) is 0 Å². The second kappa shape index (κ2) is 6.88. The van der Waals surface area contributed by atoms with E-state index in [1.54, 1.807) is 7.05 Å². The van der Waals surface area contributed by atoms with Crippen LogP contribution in [-0.2, 0) is 0 Å². The highest BCUT2D eigenvalue weighted by atomic mass is 15.2. The SMILES string of the molecule is CCCNC(=NC)NC(C)c1ccccc1. The fourth-order valence-electron chi connectivity index (χ4n) is 1.47. The average molecular weight is 219 g/mol. The van der Waals surface area contributed by atoms with Crippen molar-refractivity contribution in [1.29, 1.82) is 0 Å². The van der Waals surface area contributed by atoms with Gasteiger partial charge >= 0.3 is 0 Å². The monoisotopic (exact) mass is 219 g/mol. The average Bonchev–Trinajstić information content (AvgIpc) is 2.35. The van der Waals surface area contributed by atoms with Crippen LogP contribution < -0.4 is 10.6 Å². The number of hydrogen-bond acceptors (Lipinski definition) is 1. The van der Waals surface area contributed by atoms with Crippen molar-refractivity contribution in [1.82, 2.24) is 10.6 Å². The highest BCUT2D eigenvalue weighted by Crippen LogP contribution is 2.10. The van der Waals surface area contributed by atoms with Crippen LogP contribution in [0.2, 0.25) is 0 Å². The van der Waals surface area contributed by atoms with E-state index in [9.17, 15) is 0 Å². The van der Waals surface area contributed by atoms with Gasteiger partial charge in [-0.05, 0) is 18.9 Å². The van der Waals surface area contributed by atoms with Gasteiger partial charge in [0.05, 0.1) is 6.04 Å². The molecule has 0 aliphatic carbocycles. The predicted octanol–water partition coefficient (Wildman–Crippen LogP) is 2.32. The van der Waals surface area contributed by atoms with E-state index in [0.717, 1.165) is 18.9 Å². The molecule has 1 aromatic carbocycles. The molecule has 1 unspecified atom stereocenters. The minimum Gasteiger partial charge on any atom is -0.356 e. The summed E-state index contributed by atoms with van der Waals surface area (Å²) in [5.74, 6) is 0.859. The summed E-state index contributed by atoms with van der Waals surface area (Å²) in [7, 11) is 1.79. The third-order valence-corrected chi connectivity index (χ3v) is 2.42. The molecule has 0 saturated carbocycles. The maximum absolute atomic E-state index is 4.19. The molecule has 0 amide bonds. The third kappa shape index (κ3) is 3.93. The molecule has 3 heteroatoms. The third-order valence-electron chi connectivity index (χ3n) is 2.42.